The summed E-state index contributed by atoms with van der Waals surface area (Å²) in [7, 11) is 2.08. The highest BCUT2D eigenvalue weighted by Crippen LogP contribution is 2.52. The van der Waals surface area contributed by atoms with E-state index < -0.39 is 0 Å². The van der Waals surface area contributed by atoms with Crippen LogP contribution in [0.5, 0.6) is 0 Å². The number of benzene rings is 2. The van der Waals surface area contributed by atoms with Gasteiger partial charge in [0, 0.05) is 17.7 Å². The number of aromatic nitrogens is 1. The molecule has 0 saturated carbocycles. The van der Waals surface area contributed by atoms with Crippen molar-refractivity contribution >= 4 is 10.9 Å². The lowest BCUT2D eigenvalue weighted by molar-refractivity contribution is -0.644. The van der Waals surface area contributed by atoms with Gasteiger partial charge >= 0.3 is 0 Å². The minimum atomic E-state index is 0.184. The highest BCUT2D eigenvalue weighted by atomic mass is 16.6. The Kier molecular flexibility index (Phi) is 2.57. The zero-order chi connectivity index (χ0) is 13.5. The largest absolute Gasteiger partial charge is 0.359 e. The molecule has 0 spiro atoms. The van der Waals surface area contributed by atoms with E-state index in [0.717, 1.165) is 0 Å². The van der Waals surface area contributed by atoms with Gasteiger partial charge in [-0.1, -0.05) is 42.5 Å². The van der Waals surface area contributed by atoms with E-state index in [4.69, 9.17) is 4.74 Å². The highest BCUT2D eigenvalue weighted by molar-refractivity contribution is 5.80. The Morgan fingerprint density at radius 2 is 1.60 bits per heavy atom. The molecule has 2 unspecified atom stereocenters. The standard InChI is InChI=1S/C18H16NO/c1-19-12-11-15(14-9-5-6-10-16(14)19)18-17(20-18)13-7-3-2-4-8-13/h2-12,17-18H,1H3/q+1. The zero-order valence-corrected chi connectivity index (χ0v) is 11.4. The molecule has 1 aliphatic heterocycles. The third-order valence-corrected chi connectivity index (χ3v) is 4.00. The summed E-state index contributed by atoms with van der Waals surface area (Å²) in [6.07, 6.45) is 2.50. The molecule has 0 bridgehead atoms. The summed E-state index contributed by atoms with van der Waals surface area (Å²) < 4.78 is 8.08. The number of epoxide rings is 1. The monoisotopic (exact) mass is 262 g/mol. The van der Waals surface area contributed by atoms with Crippen LogP contribution in [0.25, 0.3) is 10.9 Å². The lowest BCUT2D eigenvalue weighted by Crippen LogP contribution is -2.28. The van der Waals surface area contributed by atoms with Crippen LogP contribution in [0.3, 0.4) is 0 Å². The van der Waals surface area contributed by atoms with E-state index in [2.05, 4.69) is 72.4 Å². The van der Waals surface area contributed by atoms with Crippen LogP contribution in [0, 0.1) is 0 Å². The molecular weight excluding hydrogens is 246 g/mol. The third kappa shape index (κ3) is 1.81. The number of hydrogen-bond donors (Lipinski definition) is 0. The van der Waals surface area contributed by atoms with E-state index in [1.165, 1.54) is 22.0 Å². The van der Waals surface area contributed by atoms with Crippen molar-refractivity contribution < 1.29 is 9.30 Å². The lowest BCUT2D eigenvalue weighted by Gasteiger charge is -2.02. The quantitative estimate of drug-likeness (QED) is 0.510. The predicted molar refractivity (Wildman–Crippen MR) is 78.1 cm³/mol. The second kappa shape index (κ2) is 4.43. The van der Waals surface area contributed by atoms with E-state index in [9.17, 15) is 0 Å². The molecule has 0 aliphatic carbocycles. The topological polar surface area (TPSA) is 16.4 Å². The maximum Gasteiger partial charge on any atom is 0.212 e. The van der Waals surface area contributed by atoms with Crippen LogP contribution in [-0.2, 0) is 11.8 Å². The van der Waals surface area contributed by atoms with Crippen molar-refractivity contribution in [3.63, 3.8) is 0 Å². The number of fused-ring (bicyclic) bond motifs is 1. The maximum absolute atomic E-state index is 5.93. The minimum Gasteiger partial charge on any atom is -0.359 e. The molecule has 1 aromatic heterocycles. The van der Waals surface area contributed by atoms with Gasteiger partial charge in [0.05, 0.1) is 5.39 Å². The van der Waals surface area contributed by atoms with E-state index >= 15 is 0 Å². The average molecular weight is 262 g/mol. The normalized spacial score (nSPS) is 21.1. The summed E-state index contributed by atoms with van der Waals surface area (Å²) >= 11 is 0. The Labute approximate surface area is 118 Å². The van der Waals surface area contributed by atoms with Crippen LogP contribution in [0.1, 0.15) is 23.3 Å². The molecule has 2 atom stereocenters. The Morgan fingerprint density at radius 1 is 0.850 bits per heavy atom. The van der Waals surface area contributed by atoms with Crippen molar-refractivity contribution in [2.45, 2.75) is 12.2 Å². The van der Waals surface area contributed by atoms with E-state index in [1.807, 2.05) is 6.07 Å². The summed E-state index contributed by atoms with van der Waals surface area (Å²) in [4.78, 5) is 0. The number of rotatable bonds is 2. The highest BCUT2D eigenvalue weighted by Gasteiger charge is 2.42. The van der Waals surface area contributed by atoms with Gasteiger partial charge in [0.2, 0.25) is 5.52 Å². The van der Waals surface area contributed by atoms with Gasteiger partial charge in [-0.25, -0.2) is 4.57 Å². The number of nitrogens with zero attached hydrogens (tertiary/aromatic N) is 1. The van der Waals surface area contributed by atoms with Gasteiger partial charge in [-0.15, -0.1) is 0 Å². The number of ether oxygens (including phenoxy) is 1. The Bertz CT molecular complexity index is 767. The fraction of sp³-hybridized carbons (Fsp3) is 0.167. The van der Waals surface area contributed by atoms with Crippen molar-refractivity contribution in [2.24, 2.45) is 7.05 Å². The van der Waals surface area contributed by atoms with Crippen LogP contribution < -0.4 is 4.57 Å². The maximum atomic E-state index is 5.93. The smallest absolute Gasteiger partial charge is 0.212 e. The van der Waals surface area contributed by atoms with Gasteiger partial charge in [0.1, 0.15) is 19.3 Å². The van der Waals surface area contributed by atoms with E-state index in [0.29, 0.717) is 0 Å². The fourth-order valence-corrected chi connectivity index (χ4v) is 2.88. The molecule has 4 rings (SSSR count). The molecule has 2 aromatic carbocycles. The van der Waals surface area contributed by atoms with E-state index in [1.54, 1.807) is 0 Å². The number of pyridine rings is 1. The second-order valence-electron chi connectivity index (χ2n) is 5.29. The second-order valence-corrected chi connectivity index (χ2v) is 5.29. The van der Waals surface area contributed by atoms with Crippen LogP contribution in [0.15, 0.2) is 66.9 Å². The molecule has 0 amide bonds. The molecule has 20 heavy (non-hydrogen) atoms. The molecule has 3 aromatic rings. The first-order chi connectivity index (χ1) is 9.84. The van der Waals surface area contributed by atoms with Crippen LogP contribution in [0.4, 0.5) is 0 Å². The van der Waals surface area contributed by atoms with Crippen LogP contribution in [0.2, 0.25) is 0 Å². The molecule has 1 fully saturated rings. The molecule has 0 N–H and O–H groups in total. The van der Waals surface area contributed by atoms with Crippen molar-refractivity contribution in [1.82, 2.24) is 0 Å². The number of para-hydroxylation sites is 1. The number of aryl methyl sites for hydroxylation is 1. The van der Waals surface area contributed by atoms with Crippen LogP contribution in [-0.4, -0.2) is 0 Å². The van der Waals surface area contributed by atoms with E-state index in [-0.39, 0.29) is 12.2 Å². The summed E-state index contributed by atoms with van der Waals surface area (Å²) in [6.45, 7) is 0. The van der Waals surface area contributed by atoms with Crippen molar-refractivity contribution in [1.29, 1.82) is 0 Å². The van der Waals surface area contributed by atoms with Gasteiger partial charge in [0.25, 0.3) is 0 Å². The first kappa shape index (κ1) is 11.6. The van der Waals surface area contributed by atoms with Gasteiger partial charge in [-0.3, -0.25) is 0 Å². The molecule has 2 heterocycles. The zero-order valence-electron chi connectivity index (χ0n) is 11.4. The minimum absolute atomic E-state index is 0.184. The molecule has 1 aliphatic rings. The first-order valence-electron chi connectivity index (χ1n) is 6.92. The summed E-state index contributed by atoms with van der Waals surface area (Å²) in [5, 5.41) is 1.28. The van der Waals surface area contributed by atoms with Crippen molar-refractivity contribution in [3.8, 4) is 0 Å². The van der Waals surface area contributed by atoms with Crippen molar-refractivity contribution in [3.05, 3.63) is 78.0 Å². The summed E-state index contributed by atoms with van der Waals surface area (Å²) in [5.41, 5.74) is 3.79. The van der Waals surface area contributed by atoms with Crippen LogP contribution >= 0.6 is 0 Å². The fourth-order valence-electron chi connectivity index (χ4n) is 2.88. The van der Waals surface area contributed by atoms with Gasteiger partial charge < -0.3 is 4.74 Å². The Morgan fingerprint density at radius 3 is 2.45 bits per heavy atom. The lowest BCUT2D eigenvalue weighted by atomic mass is 10.0. The molecule has 0 radical (unpaired) electrons. The van der Waals surface area contributed by atoms with Crippen molar-refractivity contribution in [2.75, 3.05) is 0 Å². The van der Waals surface area contributed by atoms with Gasteiger partial charge in [-0.05, 0) is 11.6 Å². The molecule has 2 nitrogen and oxygen atoms in total. The third-order valence-electron chi connectivity index (χ3n) is 4.00. The molecule has 1 saturated heterocycles. The SMILES string of the molecule is C[n+]1ccc(C2OC2c2ccccc2)c2ccccc21. The Hall–Kier alpha value is -2.19. The van der Waals surface area contributed by atoms with Gasteiger partial charge in [0.15, 0.2) is 6.20 Å². The Balaban J connectivity index is 1.76. The van der Waals surface area contributed by atoms with Gasteiger partial charge in [-0.2, -0.15) is 0 Å². The average Bonchev–Trinajstić information content (AvgIpc) is 3.29. The first-order valence-corrected chi connectivity index (χ1v) is 6.92. The summed E-state index contributed by atoms with van der Waals surface area (Å²) in [6, 6.07) is 21.1. The predicted octanol–water partition coefficient (Wildman–Crippen LogP) is 3.48. The molecule has 98 valence electrons. The number of hydrogen-bond acceptors (Lipinski definition) is 1. The molecular formula is C18H16NO+. The summed E-state index contributed by atoms with van der Waals surface area (Å²) in [5.74, 6) is 0. The molecule has 2 heteroatoms.